The Morgan fingerprint density at radius 3 is 2.44 bits per heavy atom. The molecule has 4 rings (SSSR count). The smallest absolute Gasteiger partial charge is 0.355 e. The summed E-state index contributed by atoms with van der Waals surface area (Å²) in [4.78, 5) is 27.2. The number of likely N-dealkylation sites (tertiary alicyclic amines) is 1. The Labute approximate surface area is 232 Å². The molecular weight excluding hydrogens is 579 g/mol. The van der Waals surface area contributed by atoms with E-state index in [1.54, 1.807) is 7.05 Å². The molecule has 0 saturated carbocycles. The minimum atomic E-state index is -5.43. The number of benzene rings is 1. The van der Waals surface area contributed by atoms with Gasteiger partial charge >= 0.3 is 12.1 Å². The molecule has 1 saturated heterocycles. The average Bonchev–Trinajstić information content (AvgIpc) is 3.45. The van der Waals surface area contributed by atoms with Crippen LogP contribution in [0, 0.1) is 0 Å². The zero-order valence-electron chi connectivity index (χ0n) is 20.9. The molecule has 0 radical (unpaired) electrons. The van der Waals surface area contributed by atoms with Gasteiger partial charge in [-0.05, 0) is 31.4 Å². The predicted octanol–water partition coefficient (Wildman–Crippen LogP) is 5.07. The quantitative estimate of drug-likeness (QED) is 0.329. The van der Waals surface area contributed by atoms with E-state index in [1.165, 1.54) is 11.1 Å². The van der Waals surface area contributed by atoms with E-state index in [-0.39, 0.29) is 21.6 Å². The third-order valence-corrected chi connectivity index (χ3v) is 8.90. The molecule has 0 spiro atoms. The normalized spacial score (nSPS) is 16.1. The van der Waals surface area contributed by atoms with E-state index >= 15 is 0 Å². The monoisotopic (exact) mass is 603 g/mol. The summed E-state index contributed by atoms with van der Waals surface area (Å²) in [6.45, 7) is 3.84. The van der Waals surface area contributed by atoms with Gasteiger partial charge in [-0.1, -0.05) is 46.4 Å². The van der Waals surface area contributed by atoms with Gasteiger partial charge in [-0.15, -0.1) is 11.3 Å². The summed E-state index contributed by atoms with van der Waals surface area (Å²) < 4.78 is 64.6. The van der Waals surface area contributed by atoms with Crippen LogP contribution in [0.25, 0.3) is 0 Å². The topological polar surface area (TPSA) is 95.9 Å². The maximum Gasteiger partial charge on any atom is 0.493 e. The van der Waals surface area contributed by atoms with Crippen LogP contribution in [0.15, 0.2) is 58.4 Å². The van der Waals surface area contributed by atoms with Crippen molar-refractivity contribution in [1.82, 2.24) is 14.9 Å². The maximum absolute atomic E-state index is 13.2. The molecule has 0 unspecified atom stereocenters. The zero-order chi connectivity index (χ0) is 28.4. The summed E-state index contributed by atoms with van der Waals surface area (Å²) in [5.74, 6) is -2.92. The van der Waals surface area contributed by atoms with E-state index < -0.39 is 32.9 Å². The molecule has 39 heavy (non-hydrogen) atoms. The molecule has 210 valence electrons. The summed E-state index contributed by atoms with van der Waals surface area (Å²) in [7, 11) is -3.05. The first-order valence-corrected chi connectivity index (χ1v) is 14.6. The fourth-order valence-electron chi connectivity index (χ4n) is 4.33. The van der Waals surface area contributed by atoms with Gasteiger partial charge in [-0.3, -0.25) is 4.90 Å². The summed E-state index contributed by atoms with van der Waals surface area (Å²) in [5.41, 5.74) is 2.41. The zero-order valence-corrected chi connectivity index (χ0v) is 23.3. The Morgan fingerprint density at radius 2 is 1.87 bits per heavy atom. The van der Waals surface area contributed by atoms with Gasteiger partial charge in [-0.25, -0.2) is 14.8 Å². The molecule has 1 aromatic carbocycles. The van der Waals surface area contributed by atoms with Crippen LogP contribution in [0.4, 0.5) is 24.8 Å². The number of hydrogen-bond acceptors (Lipinski definition) is 9. The van der Waals surface area contributed by atoms with Crippen LogP contribution in [-0.4, -0.2) is 61.6 Å². The second-order valence-corrected chi connectivity index (χ2v) is 11.8. The highest BCUT2D eigenvalue weighted by atomic mass is 35.5. The van der Waals surface area contributed by atoms with Gasteiger partial charge in [0, 0.05) is 37.6 Å². The summed E-state index contributed by atoms with van der Waals surface area (Å²) in [6.07, 6.45) is -2.84. The molecule has 0 bridgehead atoms. The lowest BCUT2D eigenvalue weighted by molar-refractivity contribution is -0.199. The number of carbonyl (C=O) groups excluding carboxylic acids is 1. The standard InChI is InChI=1S/C24H25ClF3N5O4S2/c1-16(17-6-4-3-5-7-17)32-10-8-18(9-11-32)31(2)22-20(25)12-19(13-29-22)39(35,36)33(21-14-38-15-30-21)37-23(34)24(26,27)28/h3-7,12-16,18H,8-11H2,1-2H3/t16-/m1/s1. The van der Waals surface area contributed by atoms with E-state index in [1.807, 2.05) is 23.1 Å². The molecule has 3 heterocycles. The fourth-order valence-corrected chi connectivity index (χ4v) is 6.42. The van der Waals surface area contributed by atoms with E-state index in [4.69, 9.17) is 11.6 Å². The number of aromatic nitrogens is 2. The van der Waals surface area contributed by atoms with Gasteiger partial charge in [-0.2, -0.15) is 21.6 Å². The summed E-state index contributed by atoms with van der Waals surface area (Å²) in [5, 5.41) is 1.09. The number of halogens is 4. The molecule has 1 fully saturated rings. The minimum absolute atomic E-state index is 0.0287. The minimum Gasteiger partial charge on any atom is -0.355 e. The number of thiazole rings is 1. The van der Waals surface area contributed by atoms with Gasteiger partial charge in [0.05, 0.1) is 16.7 Å². The molecular formula is C24H25ClF3N5O4S2. The Balaban J connectivity index is 1.49. The first-order valence-electron chi connectivity index (χ1n) is 11.8. The Hall–Kier alpha value is -2.94. The van der Waals surface area contributed by atoms with Crippen molar-refractivity contribution in [2.24, 2.45) is 0 Å². The van der Waals surface area contributed by atoms with Gasteiger partial charge in [0.1, 0.15) is 10.7 Å². The van der Waals surface area contributed by atoms with Gasteiger partial charge in [0.25, 0.3) is 10.0 Å². The highest BCUT2D eigenvalue weighted by Gasteiger charge is 2.45. The lowest BCUT2D eigenvalue weighted by Crippen LogP contribution is -2.44. The number of alkyl halides is 3. The van der Waals surface area contributed by atoms with Crippen molar-refractivity contribution in [1.29, 1.82) is 0 Å². The largest absolute Gasteiger partial charge is 0.493 e. The van der Waals surface area contributed by atoms with Crippen LogP contribution in [0.2, 0.25) is 5.02 Å². The lowest BCUT2D eigenvalue weighted by Gasteiger charge is -2.40. The van der Waals surface area contributed by atoms with E-state index in [2.05, 4.69) is 38.8 Å². The molecule has 3 aromatic rings. The van der Waals surface area contributed by atoms with Crippen molar-refractivity contribution in [3.8, 4) is 0 Å². The number of pyridine rings is 1. The van der Waals surface area contributed by atoms with Crippen molar-refractivity contribution in [3.63, 3.8) is 0 Å². The molecule has 0 N–H and O–H groups in total. The third kappa shape index (κ3) is 6.45. The van der Waals surface area contributed by atoms with Crippen molar-refractivity contribution >= 4 is 50.6 Å². The number of carbonyl (C=O) groups is 1. The number of nitrogens with zero attached hydrogens (tertiary/aromatic N) is 5. The molecule has 0 aliphatic carbocycles. The molecule has 1 aliphatic rings. The van der Waals surface area contributed by atoms with Crippen LogP contribution in [0.5, 0.6) is 0 Å². The molecule has 1 aliphatic heterocycles. The van der Waals surface area contributed by atoms with Crippen molar-refractivity contribution in [2.45, 2.75) is 42.9 Å². The number of rotatable bonds is 8. The Morgan fingerprint density at radius 1 is 1.21 bits per heavy atom. The van der Waals surface area contributed by atoms with Crippen molar-refractivity contribution in [3.05, 3.63) is 64.1 Å². The number of hydrogen-bond donors (Lipinski definition) is 0. The maximum atomic E-state index is 13.2. The first kappa shape index (κ1) is 29.1. The second kappa shape index (κ2) is 11.7. The Bertz CT molecular complexity index is 1390. The lowest BCUT2D eigenvalue weighted by atomic mass is 9.99. The van der Waals surface area contributed by atoms with Crippen LogP contribution >= 0.6 is 22.9 Å². The van der Waals surface area contributed by atoms with Gasteiger partial charge in [0.2, 0.25) is 0 Å². The molecule has 9 nitrogen and oxygen atoms in total. The van der Waals surface area contributed by atoms with Crippen LogP contribution < -0.4 is 9.37 Å². The van der Waals surface area contributed by atoms with E-state index in [0.717, 1.165) is 54.9 Å². The van der Waals surface area contributed by atoms with Gasteiger partial charge < -0.3 is 9.74 Å². The highest BCUT2D eigenvalue weighted by Crippen LogP contribution is 2.33. The molecule has 2 aromatic heterocycles. The number of sulfonamides is 1. The number of piperidine rings is 1. The Kier molecular flexibility index (Phi) is 8.69. The predicted molar refractivity (Wildman–Crippen MR) is 141 cm³/mol. The second-order valence-electron chi connectivity index (χ2n) is 8.90. The fraction of sp³-hybridized carbons (Fsp3) is 0.375. The summed E-state index contributed by atoms with van der Waals surface area (Å²) in [6, 6.07) is 11.6. The first-order chi connectivity index (χ1) is 18.4. The number of anilines is 2. The van der Waals surface area contributed by atoms with Crippen LogP contribution in [-0.2, 0) is 19.7 Å². The van der Waals surface area contributed by atoms with E-state index in [0.29, 0.717) is 5.82 Å². The van der Waals surface area contributed by atoms with Crippen molar-refractivity contribution < 1.29 is 31.2 Å². The summed E-state index contributed by atoms with van der Waals surface area (Å²) >= 11 is 7.32. The molecule has 1 atom stereocenters. The third-order valence-electron chi connectivity index (χ3n) is 6.53. The molecule has 15 heteroatoms. The van der Waals surface area contributed by atoms with Gasteiger partial charge in [0.15, 0.2) is 5.82 Å². The van der Waals surface area contributed by atoms with Crippen LogP contribution in [0.1, 0.15) is 31.4 Å². The average molecular weight is 604 g/mol. The molecule has 0 amide bonds. The van der Waals surface area contributed by atoms with Crippen LogP contribution in [0.3, 0.4) is 0 Å². The highest BCUT2D eigenvalue weighted by molar-refractivity contribution is 7.92. The van der Waals surface area contributed by atoms with Crippen molar-refractivity contribution in [2.75, 3.05) is 29.5 Å². The van der Waals surface area contributed by atoms with E-state index in [9.17, 15) is 26.4 Å². The SMILES string of the molecule is C[C@H](c1ccccc1)N1CCC(N(C)c2ncc(S(=O)(=O)N(OC(=O)C(F)(F)F)c3cscn3)cc2Cl)CC1.